The van der Waals surface area contributed by atoms with Crippen LogP contribution in [0.3, 0.4) is 0 Å². The smallest absolute Gasteiger partial charge is 0.161 e. The van der Waals surface area contributed by atoms with Crippen molar-refractivity contribution in [1.29, 1.82) is 10.5 Å². The van der Waals surface area contributed by atoms with Gasteiger partial charge in [0.05, 0.1) is 50.8 Å². The number of fused-ring (bicyclic) bond motifs is 19. The Morgan fingerprint density at radius 1 is 0.228 bits per heavy atom. The second kappa shape index (κ2) is 27.3. The highest BCUT2D eigenvalue weighted by molar-refractivity contribution is 6.07. The Morgan fingerprint density at radius 2 is 0.588 bits per heavy atom. The normalized spacial score (nSPS) is 14.5. The summed E-state index contributed by atoms with van der Waals surface area (Å²) in [5.74, 6) is 4.41. The van der Waals surface area contributed by atoms with Crippen molar-refractivity contribution in [3.8, 4) is 159 Å². The van der Waals surface area contributed by atoms with Crippen molar-refractivity contribution < 1.29 is 9.47 Å². The zero-order chi connectivity index (χ0) is 75.9. The molecule has 2 unspecified atom stereocenters. The molecule has 0 saturated heterocycles. The summed E-state index contributed by atoms with van der Waals surface area (Å²) in [5.41, 5.74) is 29.5. The molecule has 4 aliphatic rings. The average molecular weight is 1450 g/mol. The van der Waals surface area contributed by atoms with E-state index in [1.807, 2.05) is 97.1 Å². The van der Waals surface area contributed by atoms with Crippen LogP contribution in [0.4, 0.5) is 0 Å². The fraction of sp³-hybridized carbons (Fsp3) is 0.0189. The molecule has 0 N–H and O–H groups in total. The standard InChI is InChI=1S/C58H35N3O.C48H29N3O/c59-36-37-29-31-38(32-30-37)41-33-34-44(43-20-8-7-19-42(41)43)45-22-13-27-51-56(45)62-54-28-12-11-25-49(54)58(51)48-24-10-9-21-46(48)55-47(23-14-26-50(55)58)57-60-52(39-15-3-1-4-16-39)35-53(61-57)40-17-5-2-6-18-40;49-30-35-17-11-23-41-46(35)52-44-24-10-9-21-39(44)48(41)38-20-8-7-18-37(38)45-36(19-12-22-40(45)48)31-25-27-34(28-26-31)47-50-42(32-13-3-1-4-14-32)29-43(51-47)33-15-5-2-6-16-33/h1-35H;1-29H. The molecule has 4 heterocycles. The molecule has 16 aromatic carbocycles. The first-order valence-corrected chi connectivity index (χ1v) is 38.3. The molecule has 18 aromatic rings. The van der Waals surface area contributed by atoms with Gasteiger partial charge in [-0.2, -0.15) is 10.5 Å². The molecular formula is C106H64N6O2. The number of ether oxygens (including phenoxy) is 2. The SMILES string of the molecule is N#Cc1ccc(-c2ccc(-c3cccc4c3Oc3ccccc3C43c4ccccc4-c4c(-c5nc(-c6ccccc6)cc(-c6ccccc6)n5)cccc43)c3ccccc23)cc1.N#Cc1cccc2c1Oc1ccccc1C21c2ccccc2-c2c(-c3ccc(-c4nc(-c5ccccc5)cc(-c5ccccc5)n4)cc3)cccc21. The maximum absolute atomic E-state index is 10.2. The van der Waals surface area contributed by atoms with Crippen molar-refractivity contribution in [2.45, 2.75) is 10.8 Å². The first-order chi connectivity index (χ1) is 56.4. The second-order valence-electron chi connectivity index (χ2n) is 29.1. The van der Waals surface area contributed by atoms with Gasteiger partial charge in [-0.1, -0.05) is 346 Å². The van der Waals surface area contributed by atoms with Gasteiger partial charge in [0.25, 0.3) is 0 Å². The quantitative estimate of drug-likeness (QED) is 0.140. The number of nitrogens with zero attached hydrogens (tertiary/aromatic N) is 6. The van der Waals surface area contributed by atoms with Crippen LogP contribution in [-0.2, 0) is 10.8 Å². The minimum absolute atomic E-state index is 0.526. The van der Waals surface area contributed by atoms with E-state index in [9.17, 15) is 10.5 Å². The highest BCUT2D eigenvalue weighted by Gasteiger charge is 2.54. The third-order valence-corrected chi connectivity index (χ3v) is 23.1. The van der Waals surface area contributed by atoms with Crippen LogP contribution in [0.25, 0.3) is 134 Å². The summed E-state index contributed by atoms with van der Waals surface area (Å²) in [4.78, 5) is 20.8. The molecule has 2 aliphatic carbocycles. The van der Waals surface area contributed by atoms with E-state index in [1.54, 1.807) is 0 Å². The van der Waals surface area contributed by atoms with E-state index in [1.165, 1.54) is 33.4 Å². The van der Waals surface area contributed by atoms with Gasteiger partial charge in [0.2, 0.25) is 0 Å². The number of hydrogen-bond donors (Lipinski definition) is 0. The Hall–Kier alpha value is -15.5. The summed E-state index contributed by atoms with van der Waals surface area (Å²) in [7, 11) is 0. The van der Waals surface area contributed by atoms with Crippen molar-refractivity contribution in [2.75, 3.05) is 0 Å². The first-order valence-electron chi connectivity index (χ1n) is 38.3. The van der Waals surface area contributed by atoms with E-state index in [-0.39, 0.29) is 0 Å². The molecule has 114 heavy (non-hydrogen) atoms. The molecule has 2 atom stereocenters. The first kappa shape index (κ1) is 66.7. The van der Waals surface area contributed by atoms with Crippen molar-refractivity contribution in [3.05, 3.63) is 444 Å². The lowest BCUT2D eigenvalue weighted by Gasteiger charge is -2.40. The lowest BCUT2D eigenvalue weighted by atomic mass is 9.65. The van der Waals surface area contributed by atoms with E-state index < -0.39 is 10.8 Å². The van der Waals surface area contributed by atoms with Gasteiger partial charge in [-0.05, 0) is 126 Å². The molecule has 0 amide bonds. The Kier molecular flexibility index (Phi) is 16.0. The molecule has 0 bridgehead atoms. The van der Waals surface area contributed by atoms with Gasteiger partial charge in [0.15, 0.2) is 11.6 Å². The second-order valence-corrected chi connectivity index (χ2v) is 29.1. The van der Waals surface area contributed by atoms with Gasteiger partial charge in [-0.3, -0.25) is 0 Å². The van der Waals surface area contributed by atoms with Gasteiger partial charge in [0, 0.05) is 61.2 Å². The summed E-state index contributed by atoms with van der Waals surface area (Å²) in [6.07, 6.45) is 0. The summed E-state index contributed by atoms with van der Waals surface area (Å²) in [6, 6.07) is 140. The summed E-state index contributed by atoms with van der Waals surface area (Å²) in [5, 5.41) is 21.9. The number of benzene rings is 16. The molecule has 0 radical (unpaired) electrons. The van der Waals surface area contributed by atoms with Crippen molar-refractivity contribution >= 4 is 10.8 Å². The Bertz CT molecular complexity index is 6880. The fourth-order valence-electron chi connectivity index (χ4n) is 18.1. The minimum atomic E-state index is -0.709. The molecule has 0 fully saturated rings. The molecule has 530 valence electrons. The summed E-state index contributed by atoms with van der Waals surface area (Å²) < 4.78 is 13.7. The Labute approximate surface area is 659 Å². The van der Waals surface area contributed by atoms with E-state index in [2.05, 4.69) is 303 Å². The van der Waals surface area contributed by atoms with Gasteiger partial charge < -0.3 is 9.47 Å². The van der Waals surface area contributed by atoms with Gasteiger partial charge in [-0.15, -0.1) is 0 Å². The predicted octanol–water partition coefficient (Wildman–Crippen LogP) is 25.8. The van der Waals surface area contributed by atoms with Crippen LogP contribution < -0.4 is 9.47 Å². The highest BCUT2D eigenvalue weighted by Crippen LogP contribution is 2.66. The third kappa shape index (κ3) is 10.6. The Morgan fingerprint density at radius 3 is 1.11 bits per heavy atom. The van der Waals surface area contributed by atoms with E-state index >= 15 is 0 Å². The number of para-hydroxylation sites is 4. The summed E-state index contributed by atoms with van der Waals surface area (Å²) >= 11 is 0. The van der Waals surface area contributed by atoms with Crippen LogP contribution in [0, 0.1) is 22.7 Å². The van der Waals surface area contributed by atoms with E-state index in [0.717, 1.165) is 151 Å². The number of hydrogen-bond acceptors (Lipinski definition) is 8. The van der Waals surface area contributed by atoms with Crippen LogP contribution in [-0.4, -0.2) is 19.9 Å². The molecule has 8 heteroatoms. The molecule has 0 saturated carbocycles. The van der Waals surface area contributed by atoms with E-state index in [0.29, 0.717) is 28.5 Å². The molecular weight excluding hydrogens is 1390 g/mol. The minimum Gasteiger partial charge on any atom is -0.456 e. The largest absolute Gasteiger partial charge is 0.456 e. The lowest BCUT2D eigenvalue weighted by Crippen LogP contribution is -2.32. The van der Waals surface area contributed by atoms with Crippen molar-refractivity contribution in [1.82, 2.24) is 19.9 Å². The van der Waals surface area contributed by atoms with Crippen LogP contribution in [0.15, 0.2) is 388 Å². The van der Waals surface area contributed by atoms with Crippen LogP contribution in [0.1, 0.15) is 55.6 Å². The van der Waals surface area contributed by atoms with Crippen LogP contribution >= 0.6 is 0 Å². The number of rotatable bonds is 9. The van der Waals surface area contributed by atoms with Gasteiger partial charge in [-0.25, -0.2) is 19.9 Å². The molecule has 2 aliphatic heterocycles. The monoisotopic (exact) mass is 1450 g/mol. The van der Waals surface area contributed by atoms with Crippen LogP contribution in [0.5, 0.6) is 23.0 Å². The van der Waals surface area contributed by atoms with Crippen molar-refractivity contribution in [2.24, 2.45) is 0 Å². The van der Waals surface area contributed by atoms with Crippen molar-refractivity contribution in [3.63, 3.8) is 0 Å². The van der Waals surface area contributed by atoms with E-state index in [4.69, 9.17) is 29.4 Å². The fourth-order valence-corrected chi connectivity index (χ4v) is 18.1. The third-order valence-electron chi connectivity index (χ3n) is 23.1. The lowest BCUT2D eigenvalue weighted by molar-refractivity contribution is 0.435. The highest BCUT2D eigenvalue weighted by atomic mass is 16.5. The topological polar surface area (TPSA) is 118 Å². The molecule has 8 nitrogen and oxygen atoms in total. The molecule has 2 spiro atoms. The van der Waals surface area contributed by atoms with Gasteiger partial charge in [0.1, 0.15) is 29.1 Å². The zero-order valence-corrected chi connectivity index (χ0v) is 61.5. The number of nitriles is 2. The maximum Gasteiger partial charge on any atom is 0.161 e. The molecule has 2 aromatic heterocycles. The predicted molar refractivity (Wildman–Crippen MR) is 455 cm³/mol. The summed E-state index contributed by atoms with van der Waals surface area (Å²) in [6.45, 7) is 0. The Balaban J connectivity index is 0.000000145. The molecule has 22 rings (SSSR count). The maximum atomic E-state index is 10.2. The van der Waals surface area contributed by atoms with Crippen LogP contribution in [0.2, 0.25) is 0 Å². The zero-order valence-electron chi connectivity index (χ0n) is 61.5. The average Bonchev–Trinajstić information content (AvgIpc) is 1.48. The number of aromatic nitrogens is 4. The van der Waals surface area contributed by atoms with Gasteiger partial charge >= 0.3 is 0 Å².